The third kappa shape index (κ3) is 4.30. The Morgan fingerprint density at radius 3 is 2.12 bits per heavy atom. The van der Waals surface area contributed by atoms with Crippen molar-refractivity contribution in [3.63, 3.8) is 0 Å². The number of nitrogens with one attached hydrogen (secondary N) is 1. The van der Waals surface area contributed by atoms with Crippen molar-refractivity contribution >= 4 is 5.84 Å². The zero-order valence-electron chi connectivity index (χ0n) is 11.0. The quantitative estimate of drug-likeness (QED) is 0.343. The summed E-state index contributed by atoms with van der Waals surface area (Å²) in [5, 5.41) is 0. The summed E-state index contributed by atoms with van der Waals surface area (Å²) in [4.78, 5) is 4.83. The van der Waals surface area contributed by atoms with Crippen LogP contribution in [0.1, 0.15) is 70.6 Å². The lowest BCUT2D eigenvalue weighted by molar-refractivity contribution is 0.364. The molecule has 0 atom stereocenters. The van der Waals surface area contributed by atoms with Gasteiger partial charge in [-0.1, -0.05) is 51.4 Å². The highest BCUT2D eigenvalue weighted by Gasteiger charge is 2.17. The van der Waals surface area contributed by atoms with Gasteiger partial charge in [0.2, 0.25) is 0 Å². The highest BCUT2D eigenvalue weighted by atomic mass is 15.3. The Morgan fingerprint density at radius 2 is 1.53 bits per heavy atom. The van der Waals surface area contributed by atoms with E-state index in [4.69, 9.17) is 10.8 Å². The predicted molar refractivity (Wildman–Crippen MR) is 72.8 cm³/mol. The van der Waals surface area contributed by atoms with Gasteiger partial charge < -0.3 is 5.43 Å². The van der Waals surface area contributed by atoms with Crippen molar-refractivity contribution < 1.29 is 0 Å². The van der Waals surface area contributed by atoms with Crippen LogP contribution in [0.15, 0.2) is 4.99 Å². The largest absolute Gasteiger partial charge is 0.312 e. The van der Waals surface area contributed by atoms with Crippen molar-refractivity contribution in [3.8, 4) is 0 Å². The van der Waals surface area contributed by atoms with Crippen molar-refractivity contribution in [2.45, 2.75) is 76.7 Å². The van der Waals surface area contributed by atoms with Gasteiger partial charge in [0.1, 0.15) is 5.84 Å². The fourth-order valence-corrected chi connectivity index (χ4v) is 3.24. The van der Waals surface area contributed by atoms with Crippen LogP contribution in [0.25, 0.3) is 0 Å². The zero-order valence-corrected chi connectivity index (χ0v) is 11.0. The molecule has 2 fully saturated rings. The molecule has 0 aromatic rings. The normalized spacial score (nSPS) is 24.9. The number of hydrazine groups is 1. The zero-order chi connectivity index (χ0) is 11.9. The molecule has 0 unspecified atom stereocenters. The summed E-state index contributed by atoms with van der Waals surface area (Å²) in [5.74, 6) is 7.51. The van der Waals surface area contributed by atoms with Gasteiger partial charge in [-0.2, -0.15) is 0 Å². The second kappa shape index (κ2) is 7.00. The van der Waals surface area contributed by atoms with Gasteiger partial charge in [0.15, 0.2) is 0 Å². The molecule has 17 heavy (non-hydrogen) atoms. The van der Waals surface area contributed by atoms with Gasteiger partial charge in [-0.25, -0.2) is 5.84 Å². The molecule has 0 saturated heterocycles. The summed E-state index contributed by atoms with van der Waals surface area (Å²) in [7, 11) is 0. The van der Waals surface area contributed by atoms with Crippen molar-refractivity contribution in [1.82, 2.24) is 5.43 Å². The Kier molecular flexibility index (Phi) is 5.30. The summed E-state index contributed by atoms with van der Waals surface area (Å²) >= 11 is 0. The Morgan fingerprint density at radius 1 is 0.941 bits per heavy atom. The SMILES string of the molecule is NNC(CC1CCCCC1)=NC1CCCCC1. The molecule has 0 aromatic heterocycles. The summed E-state index contributed by atoms with van der Waals surface area (Å²) in [6.45, 7) is 0. The molecule has 0 radical (unpaired) electrons. The molecule has 3 heteroatoms. The van der Waals surface area contributed by atoms with E-state index in [9.17, 15) is 0 Å². The van der Waals surface area contributed by atoms with Crippen LogP contribution in [-0.4, -0.2) is 11.9 Å². The second-order valence-corrected chi connectivity index (χ2v) is 5.72. The van der Waals surface area contributed by atoms with Gasteiger partial charge in [-0.15, -0.1) is 0 Å². The number of aliphatic imine (C=N–C) groups is 1. The monoisotopic (exact) mass is 237 g/mol. The minimum atomic E-state index is 0.540. The fraction of sp³-hybridized carbons (Fsp3) is 0.929. The third-order valence-electron chi connectivity index (χ3n) is 4.29. The first kappa shape index (κ1) is 12.9. The molecule has 2 rings (SSSR count). The van der Waals surface area contributed by atoms with Gasteiger partial charge >= 0.3 is 0 Å². The average Bonchev–Trinajstić information content (AvgIpc) is 2.40. The second-order valence-electron chi connectivity index (χ2n) is 5.72. The Labute approximate surface area is 105 Å². The first-order chi connectivity index (χ1) is 8.38. The van der Waals surface area contributed by atoms with Crippen molar-refractivity contribution in [2.75, 3.05) is 0 Å². The topological polar surface area (TPSA) is 50.4 Å². The van der Waals surface area contributed by atoms with Gasteiger partial charge in [-0.05, 0) is 18.8 Å². The third-order valence-corrected chi connectivity index (χ3v) is 4.29. The van der Waals surface area contributed by atoms with E-state index in [1.807, 2.05) is 0 Å². The maximum Gasteiger partial charge on any atom is 0.111 e. The Hall–Kier alpha value is -0.570. The number of nitrogens with zero attached hydrogens (tertiary/aromatic N) is 1. The van der Waals surface area contributed by atoms with E-state index in [2.05, 4.69) is 5.43 Å². The standard InChI is InChI=1S/C14H27N3/c15-17-14(11-12-7-3-1-4-8-12)16-13-9-5-2-6-10-13/h12-13H,1-11,15H2,(H,16,17). The van der Waals surface area contributed by atoms with Crippen molar-refractivity contribution in [3.05, 3.63) is 0 Å². The maximum atomic E-state index is 5.63. The van der Waals surface area contributed by atoms with Gasteiger partial charge in [0.05, 0.1) is 6.04 Å². The number of hydrogen-bond donors (Lipinski definition) is 2. The van der Waals surface area contributed by atoms with E-state index in [0.29, 0.717) is 6.04 Å². The van der Waals surface area contributed by atoms with Crippen molar-refractivity contribution in [2.24, 2.45) is 16.8 Å². The van der Waals surface area contributed by atoms with Crippen molar-refractivity contribution in [1.29, 1.82) is 0 Å². The van der Waals surface area contributed by atoms with Crippen LogP contribution in [0.3, 0.4) is 0 Å². The molecule has 0 heterocycles. The van der Waals surface area contributed by atoms with Crippen LogP contribution in [0, 0.1) is 5.92 Å². The van der Waals surface area contributed by atoms with Crippen LogP contribution in [0.2, 0.25) is 0 Å². The summed E-state index contributed by atoms with van der Waals surface area (Å²) in [5.41, 5.74) is 2.85. The van der Waals surface area contributed by atoms with Gasteiger partial charge in [-0.3, -0.25) is 4.99 Å². The van der Waals surface area contributed by atoms with E-state index < -0.39 is 0 Å². The molecule has 2 saturated carbocycles. The molecule has 0 bridgehead atoms. The van der Waals surface area contributed by atoms with Crippen LogP contribution >= 0.6 is 0 Å². The van der Waals surface area contributed by atoms with E-state index >= 15 is 0 Å². The Balaban J connectivity index is 1.83. The van der Waals surface area contributed by atoms with Crippen LogP contribution < -0.4 is 11.3 Å². The lowest BCUT2D eigenvalue weighted by Gasteiger charge is -2.24. The molecule has 0 aromatic carbocycles. The molecule has 3 N–H and O–H groups in total. The molecule has 0 amide bonds. The number of amidine groups is 1. The molecule has 3 nitrogen and oxygen atoms in total. The fourth-order valence-electron chi connectivity index (χ4n) is 3.24. The minimum Gasteiger partial charge on any atom is -0.312 e. The van der Waals surface area contributed by atoms with E-state index in [-0.39, 0.29) is 0 Å². The first-order valence-corrected chi connectivity index (χ1v) is 7.42. The van der Waals surface area contributed by atoms with E-state index in [1.165, 1.54) is 64.2 Å². The number of rotatable bonds is 3. The summed E-state index contributed by atoms with van der Waals surface area (Å²) in [6, 6.07) is 0.540. The molecule has 2 aliphatic carbocycles. The van der Waals surface area contributed by atoms with Crippen LogP contribution in [0.5, 0.6) is 0 Å². The minimum absolute atomic E-state index is 0.540. The molecule has 98 valence electrons. The van der Waals surface area contributed by atoms with Crippen LogP contribution in [-0.2, 0) is 0 Å². The molecule has 0 aliphatic heterocycles. The smallest absolute Gasteiger partial charge is 0.111 e. The molecular weight excluding hydrogens is 210 g/mol. The lowest BCUT2D eigenvalue weighted by Crippen LogP contribution is -2.34. The highest BCUT2D eigenvalue weighted by molar-refractivity contribution is 5.82. The highest BCUT2D eigenvalue weighted by Crippen LogP contribution is 2.27. The number of nitrogens with two attached hydrogens (primary N) is 1. The first-order valence-electron chi connectivity index (χ1n) is 7.42. The van der Waals surface area contributed by atoms with Gasteiger partial charge in [0, 0.05) is 6.42 Å². The lowest BCUT2D eigenvalue weighted by atomic mass is 9.86. The summed E-state index contributed by atoms with van der Waals surface area (Å²) in [6.07, 6.45) is 14.6. The average molecular weight is 237 g/mol. The maximum absolute atomic E-state index is 5.63. The van der Waals surface area contributed by atoms with Crippen LogP contribution in [0.4, 0.5) is 0 Å². The Bertz CT molecular complexity index is 238. The predicted octanol–water partition coefficient (Wildman–Crippen LogP) is 3.15. The molecule has 0 spiro atoms. The summed E-state index contributed by atoms with van der Waals surface area (Å²) < 4.78 is 0. The molecular formula is C14H27N3. The van der Waals surface area contributed by atoms with E-state index in [0.717, 1.165) is 18.2 Å². The van der Waals surface area contributed by atoms with E-state index in [1.54, 1.807) is 0 Å². The number of hydrogen-bond acceptors (Lipinski definition) is 2. The van der Waals surface area contributed by atoms with Gasteiger partial charge in [0.25, 0.3) is 0 Å². The molecule has 2 aliphatic rings.